The highest BCUT2D eigenvalue weighted by molar-refractivity contribution is 5.32. The molecule has 0 atom stereocenters. The molecule has 0 aromatic carbocycles. The van der Waals surface area contributed by atoms with Gasteiger partial charge in [0.1, 0.15) is 11.6 Å². The molecule has 6 heteroatoms. The number of aromatic amines is 1. The largest absolute Gasteiger partial charge is 0.378 e. The molecule has 21 heavy (non-hydrogen) atoms. The van der Waals surface area contributed by atoms with Crippen LogP contribution in [0.4, 0.5) is 5.82 Å². The standard InChI is InChI=1S/C15H26N4O2/c1-2-13-18-14(10-15(20)19-13)17-8-3-9-21-12-6-4-11(16)5-7-12/h10-12H,2-9,16H2,1H3,(H2,17,18,19,20). The Morgan fingerprint density at radius 1 is 1.43 bits per heavy atom. The fourth-order valence-corrected chi connectivity index (χ4v) is 2.56. The van der Waals surface area contributed by atoms with Gasteiger partial charge in [0.15, 0.2) is 0 Å². The van der Waals surface area contributed by atoms with E-state index < -0.39 is 0 Å². The number of H-pyrrole nitrogens is 1. The first kappa shape index (κ1) is 16.0. The Labute approximate surface area is 125 Å². The summed E-state index contributed by atoms with van der Waals surface area (Å²) in [6.45, 7) is 3.45. The summed E-state index contributed by atoms with van der Waals surface area (Å²) in [6, 6.07) is 1.85. The molecule has 0 bridgehead atoms. The van der Waals surface area contributed by atoms with Crippen molar-refractivity contribution in [2.24, 2.45) is 5.73 Å². The quantitative estimate of drug-likeness (QED) is 0.661. The van der Waals surface area contributed by atoms with E-state index in [-0.39, 0.29) is 5.56 Å². The molecule has 4 N–H and O–H groups in total. The van der Waals surface area contributed by atoms with Crippen molar-refractivity contribution in [1.29, 1.82) is 0 Å². The van der Waals surface area contributed by atoms with Crippen molar-refractivity contribution in [2.75, 3.05) is 18.5 Å². The lowest BCUT2D eigenvalue weighted by molar-refractivity contribution is 0.0251. The number of hydrogen-bond donors (Lipinski definition) is 3. The molecule has 0 spiro atoms. The minimum atomic E-state index is -0.112. The van der Waals surface area contributed by atoms with Crippen LogP contribution in [-0.4, -0.2) is 35.3 Å². The molecule has 1 aliphatic rings. The maximum absolute atomic E-state index is 11.4. The highest BCUT2D eigenvalue weighted by atomic mass is 16.5. The van der Waals surface area contributed by atoms with E-state index in [9.17, 15) is 4.79 Å². The molecule has 1 fully saturated rings. The van der Waals surface area contributed by atoms with Gasteiger partial charge in [-0.25, -0.2) is 4.98 Å². The van der Waals surface area contributed by atoms with E-state index in [1.54, 1.807) is 0 Å². The van der Waals surface area contributed by atoms with Crippen LogP contribution < -0.4 is 16.6 Å². The van der Waals surface area contributed by atoms with Gasteiger partial charge in [-0.2, -0.15) is 0 Å². The second-order valence-corrected chi connectivity index (χ2v) is 5.62. The van der Waals surface area contributed by atoms with Gasteiger partial charge in [0, 0.05) is 31.7 Å². The van der Waals surface area contributed by atoms with E-state index >= 15 is 0 Å². The molecule has 0 radical (unpaired) electrons. The SMILES string of the molecule is CCc1nc(NCCCOC2CCC(N)CC2)cc(=O)[nH]1. The average Bonchev–Trinajstić information content (AvgIpc) is 2.48. The third kappa shape index (κ3) is 5.47. The fourth-order valence-electron chi connectivity index (χ4n) is 2.56. The molecule has 1 heterocycles. The van der Waals surface area contributed by atoms with Gasteiger partial charge in [0.05, 0.1) is 6.10 Å². The predicted molar refractivity (Wildman–Crippen MR) is 83.5 cm³/mol. The molecule has 118 valence electrons. The Bertz CT molecular complexity index is 481. The van der Waals surface area contributed by atoms with Crippen LogP contribution in [0.3, 0.4) is 0 Å². The lowest BCUT2D eigenvalue weighted by Crippen LogP contribution is -2.30. The summed E-state index contributed by atoms with van der Waals surface area (Å²) in [6.07, 6.45) is 6.28. The van der Waals surface area contributed by atoms with E-state index in [4.69, 9.17) is 10.5 Å². The molecule has 1 aromatic rings. The normalized spacial score (nSPS) is 22.2. The number of hydrogen-bond acceptors (Lipinski definition) is 5. The number of rotatable bonds is 7. The smallest absolute Gasteiger partial charge is 0.252 e. The van der Waals surface area contributed by atoms with Crippen LogP contribution >= 0.6 is 0 Å². The van der Waals surface area contributed by atoms with E-state index in [0.717, 1.165) is 51.7 Å². The number of aryl methyl sites for hydroxylation is 1. The van der Waals surface area contributed by atoms with Crippen molar-refractivity contribution in [2.45, 2.75) is 57.6 Å². The van der Waals surface area contributed by atoms with E-state index in [0.29, 0.717) is 23.8 Å². The van der Waals surface area contributed by atoms with Crippen molar-refractivity contribution in [3.63, 3.8) is 0 Å². The molecule has 0 saturated heterocycles. The average molecular weight is 294 g/mol. The number of nitrogens with two attached hydrogens (primary N) is 1. The maximum Gasteiger partial charge on any atom is 0.252 e. The summed E-state index contributed by atoms with van der Waals surface area (Å²) < 4.78 is 5.85. The Morgan fingerprint density at radius 2 is 2.19 bits per heavy atom. The third-order valence-corrected chi connectivity index (χ3v) is 3.83. The van der Waals surface area contributed by atoms with Crippen LogP contribution in [0, 0.1) is 0 Å². The maximum atomic E-state index is 11.4. The van der Waals surface area contributed by atoms with Gasteiger partial charge in [-0.3, -0.25) is 4.79 Å². The summed E-state index contributed by atoms with van der Waals surface area (Å²) in [5.41, 5.74) is 5.76. The summed E-state index contributed by atoms with van der Waals surface area (Å²) in [5.74, 6) is 1.35. The van der Waals surface area contributed by atoms with Crippen molar-refractivity contribution in [3.05, 3.63) is 22.2 Å². The Hall–Kier alpha value is -1.40. The van der Waals surface area contributed by atoms with E-state index in [1.807, 2.05) is 6.92 Å². The number of ether oxygens (including phenoxy) is 1. The zero-order valence-electron chi connectivity index (χ0n) is 12.7. The highest BCUT2D eigenvalue weighted by Gasteiger charge is 2.18. The van der Waals surface area contributed by atoms with Gasteiger partial charge in [0.25, 0.3) is 5.56 Å². The monoisotopic (exact) mass is 294 g/mol. The first-order valence-electron chi connectivity index (χ1n) is 7.88. The van der Waals surface area contributed by atoms with E-state index in [1.165, 1.54) is 6.07 Å². The molecule has 1 saturated carbocycles. The van der Waals surface area contributed by atoms with Gasteiger partial charge in [-0.1, -0.05) is 6.92 Å². The molecule has 1 aromatic heterocycles. The van der Waals surface area contributed by atoms with Gasteiger partial charge >= 0.3 is 0 Å². The molecular formula is C15H26N4O2. The third-order valence-electron chi connectivity index (χ3n) is 3.83. The highest BCUT2D eigenvalue weighted by Crippen LogP contribution is 2.19. The number of nitrogens with zero attached hydrogens (tertiary/aromatic N) is 1. The molecule has 0 amide bonds. The van der Waals surface area contributed by atoms with Crippen LogP contribution in [0.5, 0.6) is 0 Å². The number of aromatic nitrogens is 2. The Balaban J connectivity index is 1.63. The van der Waals surface area contributed by atoms with E-state index in [2.05, 4.69) is 15.3 Å². The lowest BCUT2D eigenvalue weighted by atomic mass is 9.94. The van der Waals surface area contributed by atoms with Crippen LogP contribution in [0.25, 0.3) is 0 Å². The summed E-state index contributed by atoms with van der Waals surface area (Å²) in [4.78, 5) is 18.5. The summed E-state index contributed by atoms with van der Waals surface area (Å²) in [5, 5.41) is 3.17. The van der Waals surface area contributed by atoms with Crippen molar-refractivity contribution in [1.82, 2.24) is 9.97 Å². The minimum absolute atomic E-state index is 0.112. The first-order valence-corrected chi connectivity index (χ1v) is 7.88. The number of anilines is 1. The molecule has 0 unspecified atom stereocenters. The molecule has 0 aliphatic heterocycles. The van der Waals surface area contributed by atoms with Crippen LogP contribution in [-0.2, 0) is 11.2 Å². The van der Waals surface area contributed by atoms with Crippen molar-refractivity contribution in [3.8, 4) is 0 Å². The zero-order valence-corrected chi connectivity index (χ0v) is 12.7. The van der Waals surface area contributed by atoms with Crippen LogP contribution in [0.2, 0.25) is 0 Å². The van der Waals surface area contributed by atoms with Crippen LogP contribution in [0.1, 0.15) is 44.9 Å². The first-order chi connectivity index (χ1) is 10.2. The second-order valence-electron chi connectivity index (χ2n) is 5.62. The Kier molecular flexibility index (Phi) is 6.20. The zero-order chi connectivity index (χ0) is 15.1. The topological polar surface area (TPSA) is 93.0 Å². The molecule has 1 aliphatic carbocycles. The Morgan fingerprint density at radius 3 is 2.90 bits per heavy atom. The molecule has 6 nitrogen and oxygen atoms in total. The van der Waals surface area contributed by atoms with Gasteiger partial charge in [-0.15, -0.1) is 0 Å². The number of nitrogens with one attached hydrogen (secondary N) is 2. The second kappa shape index (κ2) is 8.14. The van der Waals surface area contributed by atoms with Crippen molar-refractivity contribution >= 4 is 5.82 Å². The van der Waals surface area contributed by atoms with Gasteiger partial charge < -0.3 is 20.8 Å². The lowest BCUT2D eigenvalue weighted by Gasteiger charge is -2.26. The minimum Gasteiger partial charge on any atom is -0.378 e. The van der Waals surface area contributed by atoms with Crippen LogP contribution in [0.15, 0.2) is 10.9 Å². The van der Waals surface area contributed by atoms with Gasteiger partial charge in [0.2, 0.25) is 0 Å². The van der Waals surface area contributed by atoms with Crippen molar-refractivity contribution < 1.29 is 4.74 Å². The predicted octanol–water partition coefficient (Wildman–Crippen LogP) is 1.42. The van der Waals surface area contributed by atoms with Gasteiger partial charge in [-0.05, 0) is 32.1 Å². The fraction of sp³-hybridized carbons (Fsp3) is 0.733. The summed E-state index contributed by atoms with van der Waals surface area (Å²) >= 11 is 0. The summed E-state index contributed by atoms with van der Waals surface area (Å²) in [7, 11) is 0. The molecular weight excluding hydrogens is 268 g/mol. The molecule has 2 rings (SSSR count).